The number of rotatable bonds is 2. The molecule has 0 bridgehead atoms. The molecular formula is C9H8ClNO3S. The van der Waals surface area contributed by atoms with Crippen molar-refractivity contribution in [1.82, 2.24) is 0 Å². The molecule has 0 saturated heterocycles. The van der Waals surface area contributed by atoms with Gasteiger partial charge in [-0.15, -0.1) is 0 Å². The summed E-state index contributed by atoms with van der Waals surface area (Å²) < 4.78 is 22.5. The lowest BCUT2D eigenvalue weighted by molar-refractivity contribution is 0.277. The van der Waals surface area contributed by atoms with Crippen LogP contribution in [-0.4, -0.2) is 13.5 Å². The average Bonchev–Trinajstić information content (AvgIpc) is 2.15. The molecule has 4 nitrogen and oxygen atoms in total. The molecule has 1 aromatic carbocycles. The second-order valence-electron chi connectivity index (χ2n) is 2.95. The Labute approximate surface area is 92.1 Å². The van der Waals surface area contributed by atoms with Gasteiger partial charge in [-0.1, -0.05) is 6.07 Å². The van der Waals surface area contributed by atoms with E-state index in [1.807, 2.05) is 0 Å². The number of aliphatic hydroxyl groups is 1. The van der Waals surface area contributed by atoms with E-state index in [4.69, 9.17) is 21.1 Å². The van der Waals surface area contributed by atoms with Gasteiger partial charge in [-0.05, 0) is 18.6 Å². The highest BCUT2D eigenvalue weighted by atomic mass is 35.7. The summed E-state index contributed by atoms with van der Waals surface area (Å²) >= 11 is 0. The van der Waals surface area contributed by atoms with Crippen LogP contribution < -0.4 is 0 Å². The first-order valence-corrected chi connectivity index (χ1v) is 6.31. The van der Waals surface area contributed by atoms with E-state index in [9.17, 15) is 8.42 Å². The third kappa shape index (κ3) is 2.29. The van der Waals surface area contributed by atoms with Gasteiger partial charge in [0.1, 0.15) is 11.0 Å². The molecule has 0 fully saturated rings. The van der Waals surface area contributed by atoms with E-state index in [-0.39, 0.29) is 16.0 Å². The summed E-state index contributed by atoms with van der Waals surface area (Å²) in [6, 6.07) is 4.66. The van der Waals surface area contributed by atoms with Gasteiger partial charge in [0.15, 0.2) is 0 Å². The zero-order valence-electron chi connectivity index (χ0n) is 7.86. The van der Waals surface area contributed by atoms with Crippen LogP contribution in [0.15, 0.2) is 17.0 Å². The topological polar surface area (TPSA) is 78.2 Å². The van der Waals surface area contributed by atoms with Crippen LogP contribution in [0.1, 0.15) is 16.7 Å². The Morgan fingerprint density at radius 1 is 1.53 bits per heavy atom. The van der Waals surface area contributed by atoms with Crippen molar-refractivity contribution in [2.45, 2.75) is 18.4 Å². The fourth-order valence-corrected chi connectivity index (χ4v) is 2.71. The molecule has 6 heteroatoms. The van der Waals surface area contributed by atoms with E-state index in [0.29, 0.717) is 5.56 Å². The van der Waals surface area contributed by atoms with Crippen LogP contribution in [0.3, 0.4) is 0 Å². The molecule has 0 unspecified atom stereocenters. The summed E-state index contributed by atoms with van der Waals surface area (Å²) in [4.78, 5) is -0.297. The minimum atomic E-state index is -4.02. The van der Waals surface area contributed by atoms with Crippen LogP contribution in [0, 0.1) is 18.3 Å². The van der Waals surface area contributed by atoms with Crippen LogP contribution in [-0.2, 0) is 15.7 Å². The van der Waals surface area contributed by atoms with Crippen LogP contribution >= 0.6 is 10.7 Å². The summed E-state index contributed by atoms with van der Waals surface area (Å²) in [5.74, 6) is 0. The first kappa shape index (κ1) is 12.0. The third-order valence-electron chi connectivity index (χ3n) is 2.02. The maximum atomic E-state index is 11.2. The molecule has 0 aliphatic rings. The molecule has 0 atom stereocenters. The summed E-state index contributed by atoms with van der Waals surface area (Å²) in [7, 11) is 1.19. The van der Waals surface area contributed by atoms with E-state index < -0.39 is 15.7 Å². The monoisotopic (exact) mass is 245 g/mol. The highest BCUT2D eigenvalue weighted by Crippen LogP contribution is 2.26. The zero-order chi connectivity index (χ0) is 11.6. The molecule has 0 spiro atoms. The molecule has 0 heterocycles. The molecule has 1 N–H and O–H groups in total. The number of nitrogens with zero attached hydrogens (tertiary/aromatic N) is 1. The van der Waals surface area contributed by atoms with E-state index in [0.717, 1.165) is 0 Å². The molecule has 1 aromatic rings. The van der Waals surface area contributed by atoms with Gasteiger partial charge in [-0.3, -0.25) is 0 Å². The summed E-state index contributed by atoms with van der Waals surface area (Å²) in [6.07, 6.45) is 0. The number of halogens is 1. The quantitative estimate of drug-likeness (QED) is 0.797. The molecule has 0 amide bonds. The molecular weight excluding hydrogens is 238 g/mol. The second-order valence-corrected chi connectivity index (χ2v) is 5.45. The van der Waals surface area contributed by atoms with Crippen molar-refractivity contribution in [3.8, 4) is 6.07 Å². The van der Waals surface area contributed by atoms with Gasteiger partial charge in [0.2, 0.25) is 0 Å². The van der Waals surface area contributed by atoms with E-state index in [1.54, 1.807) is 19.1 Å². The minimum Gasteiger partial charge on any atom is -0.392 e. The maximum Gasteiger partial charge on any atom is 0.262 e. The minimum absolute atomic E-state index is 0.0559. The number of aryl methyl sites for hydroxylation is 1. The number of hydrogen-bond donors (Lipinski definition) is 1. The second kappa shape index (κ2) is 4.19. The van der Waals surface area contributed by atoms with E-state index in [2.05, 4.69) is 0 Å². The van der Waals surface area contributed by atoms with Crippen molar-refractivity contribution in [1.29, 1.82) is 5.26 Å². The number of hydrogen-bond acceptors (Lipinski definition) is 4. The summed E-state index contributed by atoms with van der Waals surface area (Å²) in [5, 5.41) is 17.8. The zero-order valence-corrected chi connectivity index (χ0v) is 9.43. The number of aliphatic hydroxyl groups excluding tert-OH is 1. The Hall–Kier alpha value is -1.09. The van der Waals surface area contributed by atoms with Crippen LogP contribution in [0.2, 0.25) is 0 Å². The van der Waals surface area contributed by atoms with Crippen molar-refractivity contribution < 1.29 is 13.5 Å². The number of benzene rings is 1. The Morgan fingerprint density at radius 2 is 2.13 bits per heavy atom. The normalized spacial score (nSPS) is 11.1. The molecule has 15 heavy (non-hydrogen) atoms. The van der Waals surface area contributed by atoms with Gasteiger partial charge in [0.25, 0.3) is 9.05 Å². The molecule has 80 valence electrons. The Bertz CT molecular complexity index is 531. The highest BCUT2D eigenvalue weighted by molar-refractivity contribution is 8.13. The lowest BCUT2D eigenvalue weighted by Gasteiger charge is -2.08. The first-order chi connectivity index (χ1) is 6.91. The SMILES string of the molecule is Cc1ccc(C#N)c(S(=O)(=O)Cl)c1CO. The predicted molar refractivity (Wildman–Crippen MR) is 54.9 cm³/mol. The Kier molecular flexibility index (Phi) is 3.35. The standard InChI is InChI=1S/C9H8ClNO3S/c1-6-2-3-7(4-11)9(8(6)5-12)15(10,13)14/h2-3,12H,5H2,1H3. The maximum absolute atomic E-state index is 11.2. The van der Waals surface area contributed by atoms with Gasteiger partial charge in [0.05, 0.1) is 12.2 Å². The van der Waals surface area contributed by atoms with Gasteiger partial charge >= 0.3 is 0 Å². The summed E-state index contributed by atoms with van der Waals surface area (Å²) in [6.45, 7) is 1.17. The molecule has 0 saturated carbocycles. The smallest absolute Gasteiger partial charge is 0.262 e. The van der Waals surface area contributed by atoms with Crippen molar-refractivity contribution in [3.05, 3.63) is 28.8 Å². The van der Waals surface area contributed by atoms with Gasteiger partial charge in [-0.25, -0.2) is 8.42 Å². The summed E-state index contributed by atoms with van der Waals surface area (Å²) in [5.41, 5.74) is 0.694. The fraction of sp³-hybridized carbons (Fsp3) is 0.222. The fourth-order valence-electron chi connectivity index (χ4n) is 1.29. The predicted octanol–water partition coefficient (Wildman–Crippen LogP) is 1.29. The van der Waals surface area contributed by atoms with Gasteiger partial charge in [-0.2, -0.15) is 5.26 Å². The third-order valence-corrected chi connectivity index (χ3v) is 3.43. The highest BCUT2D eigenvalue weighted by Gasteiger charge is 2.21. The molecule has 0 aliphatic carbocycles. The average molecular weight is 246 g/mol. The Morgan fingerprint density at radius 3 is 2.53 bits per heavy atom. The van der Waals surface area contributed by atoms with E-state index in [1.165, 1.54) is 6.07 Å². The molecule has 0 aromatic heterocycles. The van der Waals surface area contributed by atoms with Crippen molar-refractivity contribution >= 4 is 19.7 Å². The van der Waals surface area contributed by atoms with Crippen molar-refractivity contribution in [2.75, 3.05) is 0 Å². The van der Waals surface area contributed by atoms with Crippen LogP contribution in [0.5, 0.6) is 0 Å². The van der Waals surface area contributed by atoms with Gasteiger partial charge in [0, 0.05) is 16.2 Å². The first-order valence-electron chi connectivity index (χ1n) is 4.00. The number of nitriles is 1. The molecule has 0 radical (unpaired) electrons. The Balaban J connectivity index is 3.73. The molecule has 0 aliphatic heterocycles. The largest absolute Gasteiger partial charge is 0.392 e. The van der Waals surface area contributed by atoms with E-state index >= 15 is 0 Å². The van der Waals surface area contributed by atoms with Crippen molar-refractivity contribution in [2.24, 2.45) is 0 Å². The van der Waals surface area contributed by atoms with Gasteiger partial charge < -0.3 is 5.11 Å². The van der Waals surface area contributed by atoms with Crippen LogP contribution in [0.4, 0.5) is 0 Å². The lowest BCUT2D eigenvalue weighted by Crippen LogP contribution is -2.04. The molecule has 1 rings (SSSR count). The van der Waals surface area contributed by atoms with Crippen molar-refractivity contribution in [3.63, 3.8) is 0 Å². The van der Waals surface area contributed by atoms with Crippen LogP contribution in [0.25, 0.3) is 0 Å². The lowest BCUT2D eigenvalue weighted by atomic mass is 10.1.